The van der Waals surface area contributed by atoms with E-state index in [-0.39, 0.29) is 42.3 Å². The van der Waals surface area contributed by atoms with E-state index in [1.807, 2.05) is 48.2 Å². The third-order valence-electron chi connectivity index (χ3n) is 6.26. The van der Waals surface area contributed by atoms with Gasteiger partial charge in [-0.3, -0.25) is 9.59 Å². The predicted molar refractivity (Wildman–Crippen MR) is 115 cm³/mol. The fourth-order valence-electron chi connectivity index (χ4n) is 4.67. The Morgan fingerprint density at radius 1 is 1.10 bits per heavy atom. The number of Topliss-reactive ketones (excluding diaryl/α,β-unsaturated/α-hetero) is 1. The van der Waals surface area contributed by atoms with Crippen LogP contribution in [0.2, 0.25) is 0 Å². The lowest BCUT2D eigenvalue weighted by atomic mass is 9.96. The molecule has 0 N–H and O–H groups in total. The number of ether oxygens (including phenoxy) is 2. The number of ketones is 1. The van der Waals surface area contributed by atoms with Crippen LogP contribution in [-0.2, 0) is 19.1 Å². The zero-order valence-corrected chi connectivity index (χ0v) is 18.0. The molecule has 8 nitrogen and oxygen atoms in total. The number of carbonyl (C=O) groups excluding carboxylic acids is 2. The summed E-state index contributed by atoms with van der Waals surface area (Å²) < 4.78 is 11.2. The van der Waals surface area contributed by atoms with Crippen molar-refractivity contribution in [1.29, 1.82) is 5.26 Å². The number of hydrogen-bond donors (Lipinski definition) is 0. The third-order valence-corrected chi connectivity index (χ3v) is 6.26. The molecule has 0 aromatic heterocycles. The molecule has 0 spiro atoms. The van der Waals surface area contributed by atoms with Crippen LogP contribution in [0.15, 0.2) is 35.7 Å². The molecule has 1 amide bonds. The fraction of sp³-hybridized carbons (Fsp3) is 0.522. The first-order chi connectivity index (χ1) is 15.0. The standard InChI is InChI=1S/C23H28N4O4/c1-25-18-7-3-4-8-19(18)26(2)22(25)17(14-24)20(28)9-10-21(29)27-11-5-6-16(15-27)23-30-12-13-31-23/h3-4,7-8,16,23H,5-6,9-13,15H2,1-2H3. The topological polar surface area (TPSA) is 86.1 Å². The molecule has 3 aliphatic rings. The molecule has 0 aliphatic carbocycles. The van der Waals surface area contributed by atoms with Crippen LogP contribution in [0.1, 0.15) is 25.7 Å². The van der Waals surface area contributed by atoms with Gasteiger partial charge in [0.15, 0.2) is 12.1 Å². The number of hydrogen-bond acceptors (Lipinski definition) is 7. The van der Waals surface area contributed by atoms with Crippen LogP contribution < -0.4 is 9.80 Å². The Hall–Kier alpha value is -2.89. The van der Waals surface area contributed by atoms with Gasteiger partial charge < -0.3 is 24.2 Å². The van der Waals surface area contributed by atoms with E-state index < -0.39 is 0 Å². The molecular formula is C23H28N4O4. The van der Waals surface area contributed by atoms with E-state index in [0.29, 0.717) is 32.1 Å². The van der Waals surface area contributed by atoms with Crippen LogP contribution >= 0.6 is 0 Å². The maximum atomic E-state index is 12.9. The second-order valence-electron chi connectivity index (χ2n) is 8.19. The van der Waals surface area contributed by atoms with E-state index in [0.717, 1.165) is 24.2 Å². The maximum Gasteiger partial charge on any atom is 0.223 e. The zero-order valence-electron chi connectivity index (χ0n) is 18.0. The van der Waals surface area contributed by atoms with Gasteiger partial charge in [-0.05, 0) is 25.0 Å². The van der Waals surface area contributed by atoms with Crippen molar-refractivity contribution >= 4 is 23.1 Å². The van der Waals surface area contributed by atoms with E-state index in [4.69, 9.17) is 9.47 Å². The fourth-order valence-corrected chi connectivity index (χ4v) is 4.67. The first kappa shape index (κ1) is 21.3. The Morgan fingerprint density at radius 2 is 1.74 bits per heavy atom. The van der Waals surface area contributed by atoms with Crippen molar-refractivity contribution in [3.05, 3.63) is 35.7 Å². The molecule has 1 aromatic carbocycles. The first-order valence-electron chi connectivity index (χ1n) is 10.8. The van der Waals surface area contributed by atoms with E-state index in [1.54, 1.807) is 4.90 Å². The summed E-state index contributed by atoms with van der Waals surface area (Å²) in [6.07, 6.45) is 1.74. The van der Waals surface area contributed by atoms with Gasteiger partial charge in [-0.15, -0.1) is 0 Å². The molecule has 3 heterocycles. The molecule has 1 unspecified atom stereocenters. The summed E-state index contributed by atoms with van der Waals surface area (Å²) in [7, 11) is 3.68. The van der Waals surface area contributed by atoms with Gasteiger partial charge in [-0.25, -0.2) is 0 Å². The number of anilines is 2. The van der Waals surface area contributed by atoms with Crippen LogP contribution in [0.3, 0.4) is 0 Å². The lowest BCUT2D eigenvalue weighted by molar-refractivity contribution is -0.140. The van der Waals surface area contributed by atoms with Gasteiger partial charge in [0.1, 0.15) is 17.5 Å². The number of nitrogens with zero attached hydrogens (tertiary/aromatic N) is 4. The summed E-state index contributed by atoms with van der Waals surface area (Å²) >= 11 is 0. The van der Waals surface area contributed by atoms with Crippen molar-refractivity contribution in [3.63, 3.8) is 0 Å². The lowest BCUT2D eigenvalue weighted by Gasteiger charge is -2.34. The smallest absolute Gasteiger partial charge is 0.223 e. The van der Waals surface area contributed by atoms with Gasteiger partial charge >= 0.3 is 0 Å². The maximum absolute atomic E-state index is 12.9. The number of benzene rings is 1. The molecule has 8 heteroatoms. The molecule has 4 rings (SSSR count). The quantitative estimate of drug-likeness (QED) is 0.529. The Morgan fingerprint density at radius 3 is 2.35 bits per heavy atom. The molecule has 0 bridgehead atoms. The number of piperidine rings is 1. The van der Waals surface area contributed by atoms with Crippen molar-refractivity contribution in [2.75, 3.05) is 50.2 Å². The minimum Gasteiger partial charge on any atom is -0.350 e. The van der Waals surface area contributed by atoms with Crippen LogP contribution in [0.5, 0.6) is 0 Å². The largest absolute Gasteiger partial charge is 0.350 e. The highest BCUT2D eigenvalue weighted by atomic mass is 16.7. The Balaban J connectivity index is 1.40. The molecule has 1 atom stereocenters. The number of likely N-dealkylation sites (tertiary alicyclic amines) is 1. The van der Waals surface area contributed by atoms with Crippen molar-refractivity contribution in [2.45, 2.75) is 32.0 Å². The summed E-state index contributed by atoms with van der Waals surface area (Å²) in [6.45, 7) is 2.47. The predicted octanol–water partition coefficient (Wildman–Crippen LogP) is 2.27. The molecule has 0 saturated carbocycles. The highest BCUT2D eigenvalue weighted by Crippen LogP contribution is 2.40. The van der Waals surface area contributed by atoms with Crippen molar-refractivity contribution in [2.24, 2.45) is 5.92 Å². The zero-order chi connectivity index (χ0) is 22.0. The van der Waals surface area contributed by atoms with Gasteiger partial charge in [0.2, 0.25) is 5.91 Å². The van der Waals surface area contributed by atoms with E-state index in [2.05, 4.69) is 6.07 Å². The van der Waals surface area contributed by atoms with E-state index >= 15 is 0 Å². The number of fused-ring (bicyclic) bond motifs is 1. The molecule has 2 fully saturated rings. The van der Waals surface area contributed by atoms with E-state index in [9.17, 15) is 14.9 Å². The third kappa shape index (κ3) is 4.16. The summed E-state index contributed by atoms with van der Waals surface area (Å²) in [6, 6.07) is 9.82. The highest BCUT2D eigenvalue weighted by Gasteiger charge is 2.34. The van der Waals surface area contributed by atoms with E-state index in [1.165, 1.54) is 0 Å². The Labute approximate surface area is 182 Å². The molecule has 1 aromatic rings. The highest BCUT2D eigenvalue weighted by molar-refractivity contribution is 6.03. The summed E-state index contributed by atoms with van der Waals surface area (Å²) in [5, 5.41) is 9.74. The van der Waals surface area contributed by atoms with Crippen LogP contribution in [0.25, 0.3) is 0 Å². The van der Waals surface area contributed by atoms with Crippen LogP contribution in [-0.4, -0.2) is 63.3 Å². The number of carbonyl (C=O) groups is 2. The summed E-state index contributed by atoms with van der Waals surface area (Å²) in [4.78, 5) is 31.2. The SMILES string of the molecule is CN1C(=C(C#N)C(=O)CCC(=O)N2CCCC(C3OCCO3)C2)N(C)c2ccccc21. The van der Waals surface area contributed by atoms with Gasteiger partial charge in [0.05, 0.1) is 24.6 Å². The Kier molecular flexibility index (Phi) is 6.25. The Bertz CT molecular complexity index is 901. The summed E-state index contributed by atoms with van der Waals surface area (Å²) in [5.41, 5.74) is 1.96. The molecule has 0 radical (unpaired) electrons. The van der Waals surface area contributed by atoms with Crippen LogP contribution in [0.4, 0.5) is 11.4 Å². The average Bonchev–Trinajstić information content (AvgIpc) is 3.42. The molecule has 164 valence electrons. The second kappa shape index (κ2) is 9.08. The van der Waals surface area contributed by atoms with Crippen molar-refractivity contribution in [3.8, 4) is 6.07 Å². The minimum absolute atomic E-state index is 0.0147. The minimum atomic E-state index is -0.312. The lowest BCUT2D eigenvalue weighted by Crippen LogP contribution is -2.43. The second-order valence-corrected chi connectivity index (χ2v) is 8.19. The number of nitriles is 1. The summed E-state index contributed by atoms with van der Waals surface area (Å²) in [5.74, 6) is 0.352. The molecule has 3 aliphatic heterocycles. The number of rotatable bonds is 5. The van der Waals surface area contributed by atoms with Crippen molar-refractivity contribution in [1.82, 2.24) is 4.90 Å². The molecule has 2 saturated heterocycles. The number of amides is 1. The van der Waals surface area contributed by atoms with Gasteiger partial charge in [0, 0.05) is 45.9 Å². The number of allylic oxidation sites excluding steroid dienone is 1. The molecular weight excluding hydrogens is 396 g/mol. The van der Waals surface area contributed by atoms with Gasteiger partial charge in [-0.1, -0.05) is 12.1 Å². The van der Waals surface area contributed by atoms with Gasteiger partial charge in [-0.2, -0.15) is 5.26 Å². The van der Waals surface area contributed by atoms with Crippen LogP contribution in [0, 0.1) is 17.2 Å². The normalized spacial score (nSPS) is 21.3. The van der Waals surface area contributed by atoms with Crippen molar-refractivity contribution < 1.29 is 19.1 Å². The monoisotopic (exact) mass is 424 g/mol. The first-order valence-corrected chi connectivity index (χ1v) is 10.8. The number of para-hydroxylation sites is 2. The average molecular weight is 425 g/mol. The van der Waals surface area contributed by atoms with Gasteiger partial charge in [0.25, 0.3) is 0 Å². The molecule has 31 heavy (non-hydrogen) atoms.